The Hall–Kier alpha value is -1.68. The number of imidazole rings is 1. The Labute approximate surface area is 106 Å². The van der Waals surface area contributed by atoms with Crippen LogP contribution in [0.1, 0.15) is 25.3 Å². The van der Waals surface area contributed by atoms with E-state index in [1.807, 2.05) is 30.7 Å². The van der Waals surface area contributed by atoms with Crippen LogP contribution in [0.4, 0.5) is 0 Å². The van der Waals surface area contributed by atoms with Crippen molar-refractivity contribution in [3.63, 3.8) is 0 Å². The molecule has 2 aromatic rings. The van der Waals surface area contributed by atoms with Gasteiger partial charge in [0.25, 0.3) is 0 Å². The van der Waals surface area contributed by atoms with Gasteiger partial charge in [-0.2, -0.15) is 0 Å². The fourth-order valence-corrected chi connectivity index (χ4v) is 3.21. The van der Waals surface area contributed by atoms with E-state index in [9.17, 15) is 0 Å². The smallest absolute Gasteiger partial charge is 0.140 e. The second-order valence-corrected chi connectivity index (χ2v) is 5.07. The number of fused-ring (bicyclic) bond motifs is 2. The summed E-state index contributed by atoms with van der Waals surface area (Å²) in [7, 11) is 0. The van der Waals surface area contributed by atoms with Crippen LogP contribution in [0.5, 0.6) is 0 Å². The van der Waals surface area contributed by atoms with Crippen LogP contribution in [-0.4, -0.2) is 26.7 Å². The molecule has 0 saturated carbocycles. The molecule has 0 aromatic carbocycles. The Kier molecular flexibility index (Phi) is 2.23. The van der Waals surface area contributed by atoms with Crippen LogP contribution < -0.4 is 0 Å². The van der Waals surface area contributed by atoms with Crippen molar-refractivity contribution >= 4 is 0 Å². The maximum absolute atomic E-state index is 5.94. The lowest BCUT2D eigenvalue weighted by atomic mass is 9.95. The molecule has 4 heterocycles. The van der Waals surface area contributed by atoms with Gasteiger partial charge in [-0.25, -0.2) is 4.98 Å². The van der Waals surface area contributed by atoms with E-state index >= 15 is 0 Å². The number of aromatic nitrogens is 3. The van der Waals surface area contributed by atoms with Gasteiger partial charge < -0.3 is 9.30 Å². The fraction of sp³-hybridized carbons (Fsp3) is 0.429. The van der Waals surface area contributed by atoms with Gasteiger partial charge in [0, 0.05) is 30.4 Å². The van der Waals surface area contributed by atoms with Crippen LogP contribution in [0, 0.1) is 0 Å². The first-order valence-corrected chi connectivity index (χ1v) is 6.50. The molecule has 2 bridgehead atoms. The number of nitrogens with zero attached hydrogens (tertiary/aromatic N) is 3. The Morgan fingerprint density at radius 3 is 2.78 bits per heavy atom. The SMILES string of the molecule is c1cc(-c2nccn2[C@@H]2C[C@@H]3CC[C@H]2O3)ccn1. The first-order valence-electron chi connectivity index (χ1n) is 6.50. The normalized spacial score (nSPS) is 29.9. The fourth-order valence-electron chi connectivity index (χ4n) is 3.21. The van der Waals surface area contributed by atoms with E-state index in [2.05, 4.69) is 20.7 Å². The Bertz CT molecular complexity index is 551. The van der Waals surface area contributed by atoms with Crippen LogP contribution in [0.2, 0.25) is 0 Å². The highest BCUT2D eigenvalue weighted by atomic mass is 16.5. The minimum atomic E-state index is 0.379. The van der Waals surface area contributed by atoms with E-state index < -0.39 is 0 Å². The topological polar surface area (TPSA) is 39.9 Å². The Morgan fingerprint density at radius 1 is 1.17 bits per heavy atom. The molecule has 2 aliphatic heterocycles. The van der Waals surface area contributed by atoms with Gasteiger partial charge >= 0.3 is 0 Å². The average Bonchev–Trinajstić information content (AvgIpc) is 3.15. The standard InChI is InChI=1S/C14H15N3O/c1-2-13-12(9-11(1)18-13)17-8-7-16-14(17)10-3-5-15-6-4-10/h3-8,11-13H,1-2,9H2/t11-,12+,13+/m0/s1. The van der Waals surface area contributed by atoms with Gasteiger partial charge in [-0.05, 0) is 31.4 Å². The summed E-state index contributed by atoms with van der Waals surface area (Å²) >= 11 is 0. The number of rotatable bonds is 2. The zero-order valence-corrected chi connectivity index (χ0v) is 10.1. The number of ether oxygens (including phenoxy) is 1. The van der Waals surface area contributed by atoms with Crippen molar-refractivity contribution in [3.8, 4) is 11.4 Å². The number of pyridine rings is 1. The van der Waals surface area contributed by atoms with Gasteiger partial charge in [-0.15, -0.1) is 0 Å². The molecule has 92 valence electrons. The van der Waals surface area contributed by atoms with Crippen LogP contribution in [0.3, 0.4) is 0 Å². The third-order valence-electron chi connectivity index (χ3n) is 4.04. The maximum atomic E-state index is 5.94. The molecule has 2 aliphatic rings. The van der Waals surface area contributed by atoms with Gasteiger partial charge in [0.05, 0.1) is 18.2 Å². The third kappa shape index (κ3) is 1.49. The molecule has 4 rings (SSSR count). The summed E-state index contributed by atoms with van der Waals surface area (Å²) in [4.78, 5) is 8.55. The summed E-state index contributed by atoms with van der Waals surface area (Å²) in [5.41, 5.74) is 1.12. The number of hydrogen-bond acceptors (Lipinski definition) is 3. The summed E-state index contributed by atoms with van der Waals surface area (Å²) in [5, 5.41) is 0. The van der Waals surface area contributed by atoms with Gasteiger partial charge in [0.1, 0.15) is 5.82 Å². The summed E-state index contributed by atoms with van der Waals surface area (Å²) in [6.45, 7) is 0. The number of hydrogen-bond donors (Lipinski definition) is 0. The highest BCUT2D eigenvalue weighted by Gasteiger charge is 2.42. The van der Waals surface area contributed by atoms with Crippen LogP contribution in [0.15, 0.2) is 36.9 Å². The Balaban J connectivity index is 1.73. The summed E-state index contributed by atoms with van der Waals surface area (Å²) in [6, 6.07) is 4.47. The molecule has 0 N–H and O–H groups in total. The molecule has 4 heteroatoms. The van der Waals surface area contributed by atoms with E-state index in [1.54, 1.807) is 0 Å². The molecular weight excluding hydrogens is 226 g/mol. The van der Waals surface area contributed by atoms with Crippen molar-refractivity contribution in [2.45, 2.75) is 37.5 Å². The molecule has 2 saturated heterocycles. The van der Waals surface area contributed by atoms with Crippen LogP contribution in [-0.2, 0) is 4.74 Å². The van der Waals surface area contributed by atoms with Crippen LogP contribution in [0.25, 0.3) is 11.4 Å². The first-order chi connectivity index (χ1) is 8.92. The maximum Gasteiger partial charge on any atom is 0.140 e. The minimum Gasteiger partial charge on any atom is -0.373 e. The molecule has 0 radical (unpaired) electrons. The second kappa shape index (κ2) is 3.92. The average molecular weight is 241 g/mol. The van der Waals surface area contributed by atoms with E-state index in [4.69, 9.17) is 4.74 Å². The summed E-state index contributed by atoms with van der Waals surface area (Å²) in [5.74, 6) is 1.03. The zero-order chi connectivity index (χ0) is 11.9. The molecule has 4 nitrogen and oxygen atoms in total. The van der Waals surface area contributed by atoms with Crippen molar-refractivity contribution < 1.29 is 4.74 Å². The molecular formula is C14H15N3O. The molecule has 0 unspecified atom stereocenters. The van der Waals surface area contributed by atoms with Crippen molar-refractivity contribution in [2.24, 2.45) is 0 Å². The molecule has 3 atom stereocenters. The molecule has 0 aliphatic carbocycles. The van der Waals surface area contributed by atoms with Crippen LogP contribution >= 0.6 is 0 Å². The summed E-state index contributed by atoms with van der Waals surface area (Å²) < 4.78 is 8.22. The quantitative estimate of drug-likeness (QED) is 0.810. The van der Waals surface area contributed by atoms with Crippen molar-refractivity contribution in [1.29, 1.82) is 0 Å². The zero-order valence-electron chi connectivity index (χ0n) is 10.1. The third-order valence-corrected chi connectivity index (χ3v) is 4.04. The molecule has 2 fully saturated rings. The molecule has 2 aromatic heterocycles. The molecule has 0 spiro atoms. The predicted molar refractivity (Wildman–Crippen MR) is 67.0 cm³/mol. The molecule has 0 amide bonds. The van der Waals surface area contributed by atoms with Crippen molar-refractivity contribution in [3.05, 3.63) is 36.9 Å². The van der Waals surface area contributed by atoms with Gasteiger partial charge in [-0.1, -0.05) is 0 Å². The van der Waals surface area contributed by atoms with E-state index in [0.29, 0.717) is 18.2 Å². The second-order valence-electron chi connectivity index (χ2n) is 5.07. The first kappa shape index (κ1) is 10.3. The van der Waals surface area contributed by atoms with E-state index in [1.165, 1.54) is 12.8 Å². The minimum absolute atomic E-state index is 0.379. The van der Waals surface area contributed by atoms with Gasteiger partial charge in [-0.3, -0.25) is 4.98 Å². The van der Waals surface area contributed by atoms with Crippen molar-refractivity contribution in [2.75, 3.05) is 0 Å². The predicted octanol–water partition coefficient (Wildman–Crippen LogP) is 2.44. The largest absolute Gasteiger partial charge is 0.373 e. The Morgan fingerprint density at radius 2 is 2.06 bits per heavy atom. The van der Waals surface area contributed by atoms with Gasteiger partial charge in [0.15, 0.2) is 0 Å². The van der Waals surface area contributed by atoms with Gasteiger partial charge in [0.2, 0.25) is 0 Å². The summed E-state index contributed by atoms with van der Waals surface area (Å²) in [6.07, 6.45) is 11.9. The monoisotopic (exact) mass is 241 g/mol. The lowest BCUT2D eigenvalue weighted by molar-refractivity contribution is 0.0940. The van der Waals surface area contributed by atoms with Crippen molar-refractivity contribution in [1.82, 2.24) is 14.5 Å². The highest BCUT2D eigenvalue weighted by Crippen LogP contribution is 2.42. The van der Waals surface area contributed by atoms with E-state index in [-0.39, 0.29) is 0 Å². The molecule has 18 heavy (non-hydrogen) atoms. The highest BCUT2D eigenvalue weighted by molar-refractivity contribution is 5.54. The van der Waals surface area contributed by atoms with E-state index in [0.717, 1.165) is 17.8 Å². The lowest BCUT2D eigenvalue weighted by Crippen LogP contribution is -2.21. The lowest BCUT2D eigenvalue weighted by Gasteiger charge is -2.22.